The Kier molecular flexibility index (Phi) is 4.07. The number of anilines is 1. The van der Waals surface area contributed by atoms with Gasteiger partial charge in [0.1, 0.15) is 5.75 Å². The molecule has 0 unspecified atom stereocenters. The fourth-order valence-corrected chi connectivity index (χ4v) is 1.83. The SMILES string of the molecule is C/C(=N\Nc1ccc(C)c(Cl)c1)c1ccccc1O. The van der Waals surface area contributed by atoms with Crippen LogP contribution in [0.5, 0.6) is 5.75 Å². The maximum absolute atomic E-state index is 9.73. The molecule has 0 bridgehead atoms. The van der Waals surface area contributed by atoms with Gasteiger partial charge in [-0.3, -0.25) is 5.43 Å². The number of aryl methyl sites for hydroxylation is 1. The molecule has 0 radical (unpaired) electrons. The van der Waals surface area contributed by atoms with Gasteiger partial charge in [0.25, 0.3) is 0 Å². The average Bonchev–Trinajstić information content (AvgIpc) is 2.40. The zero-order valence-corrected chi connectivity index (χ0v) is 11.6. The molecule has 0 heterocycles. The van der Waals surface area contributed by atoms with E-state index in [1.807, 2.05) is 44.2 Å². The van der Waals surface area contributed by atoms with Crippen molar-refractivity contribution in [1.82, 2.24) is 0 Å². The number of nitrogens with zero attached hydrogens (tertiary/aromatic N) is 1. The van der Waals surface area contributed by atoms with E-state index in [2.05, 4.69) is 10.5 Å². The number of phenolic OH excluding ortho intramolecular Hbond substituents is 1. The van der Waals surface area contributed by atoms with Gasteiger partial charge in [0.2, 0.25) is 0 Å². The fraction of sp³-hybridized carbons (Fsp3) is 0.133. The Morgan fingerprint density at radius 2 is 1.95 bits per heavy atom. The lowest BCUT2D eigenvalue weighted by atomic mass is 10.1. The Labute approximate surface area is 117 Å². The standard InChI is InChI=1S/C15H15ClN2O/c1-10-7-8-12(9-14(10)16)18-17-11(2)13-5-3-4-6-15(13)19/h3-9,18-19H,1-2H3/b17-11+. The molecule has 2 aromatic rings. The molecule has 0 aliphatic heterocycles. The average molecular weight is 275 g/mol. The highest BCUT2D eigenvalue weighted by Gasteiger charge is 2.03. The number of nitrogens with one attached hydrogen (secondary N) is 1. The van der Waals surface area contributed by atoms with Gasteiger partial charge in [-0.05, 0) is 43.7 Å². The number of hydrogen-bond acceptors (Lipinski definition) is 3. The van der Waals surface area contributed by atoms with Crippen LogP contribution < -0.4 is 5.43 Å². The lowest BCUT2D eigenvalue weighted by Gasteiger charge is -2.06. The molecule has 0 spiro atoms. The molecular formula is C15H15ClN2O. The van der Waals surface area contributed by atoms with Crippen LogP contribution >= 0.6 is 11.6 Å². The summed E-state index contributed by atoms with van der Waals surface area (Å²) in [6, 6.07) is 12.7. The molecule has 0 aliphatic rings. The third-order valence-corrected chi connectivity index (χ3v) is 3.23. The second-order valence-corrected chi connectivity index (χ2v) is 4.70. The summed E-state index contributed by atoms with van der Waals surface area (Å²) in [7, 11) is 0. The molecule has 0 fully saturated rings. The van der Waals surface area contributed by atoms with E-state index in [4.69, 9.17) is 11.6 Å². The third-order valence-electron chi connectivity index (χ3n) is 2.82. The third kappa shape index (κ3) is 3.26. The second-order valence-electron chi connectivity index (χ2n) is 4.29. The summed E-state index contributed by atoms with van der Waals surface area (Å²) < 4.78 is 0. The highest BCUT2D eigenvalue weighted by atomic mass is 35.5. The van der Waals surface area contributed by atoms with Crippen molar-refractivity contribution in [3.8, 4) is 5.75 Å². The molecule has 0 aliphatic carbocycles. The van der Waals surface area contributed by atoms with E-state index in [9.17, 15) is 5.11 Å². The summed E-state index contributed by atoms with van der Waals surface area (Å²) in [6.07, 6.45) is 0. The monoisotopic (exact) mass is 274 g/mol. The molecule has 98 valence electrons. The van der Waals surface area contributed by atoms with E-state index < -0.39 is 0 Å². The highest BCUT2D eigenvalue weighted by molar-refractivity contribution is 6.31. The summed E-state index contributed by atoms with van der Waals surface area (Å²) in [5, 5.41) is 14.7. The van der Waals surface area contributed by atoms with Crippen LogP contribution in [-0.4, -0.2) is 10.8 Å². The van der Waals surface area contributed by atoms with Gasteiger partial charge in [0, 0.05) is 10.6 Å². The number of benzene rings is 2. The first kappa shape index (κ1) is 13.4. The summed E-state index contributed by atoms with van der Waals surface area (Å²) in [4.78, 5) is 0. The van der Waals surface area contributed by atoms with Crippen LogP contribution in [0.1, 0.15) is 18.1 Å². The number of halogens is 1. The van der Waals surface area contributed by atoms with Crippen LogP contribution in [0.3, 0.4) is 0 Å². The van der Waals surface area contributed by atoms with Crippen molar-refractivity contribution in [1.29, 1.82) is 0 Å². The van der Waals surface area contributed by atoms with Crippen molar-refractivity contribution in [2.24, 2.45) is 5.10 Å². The van der Waals surface area contributed by atoms with E-state index in [1.165, 1.54) is 0 Å². The minimum atomic E-state index is 0.215. The molecule has 0 saturated heterocycles. The summed E-state index contributed by atoms with van der Waals surface area (Å²) in [5.74, 6) is 0.215. The minimum Gasteiger partial charge on any atom is -0.507 e. The number of rotatable bonds is 3. The van der Waals surface area contributed by atoms with Gasteiger partial charge in [-0.1, -0.05) is 29.8 Å². The Bertz CT molecular complexity index is 623. The zero-order chi connectivity index (χ0) is 13.8. The number of aromatic hydroxyl groups is 1. The van der Waals surface area contributed by atoms with Gasteiger partial charge in [-0.15, -0.1) is 0 Å². The van der Waals surface area contributed by atoms with Crippen LogP contribution in [0.4, 0.5) is 5.69 Å². The maximum atomic E-state index is 9.73. The predicted octanol–water partition coefficient (Wildman–Crippen LogP) is 4.19. The van der Waals surface area contributed by atoms with Crippen molar-refractivity contribution in [3.63, 3.8) is 0 Å². The normalized spacial score (nSPS) is 11.4. The zero-order valence-electron chi connectivity index (χ0n) is 10.8. The molecule has 19 heavy (non-hydrogen) atoms. The van der Waals surface area contributed by atoms with Crippen LogP contribution in [0.15, 0.2) is 47.6 Å². The number of hydrogen-bond donors (Lipinski definition) is 2. The van der Waals surface area contributed by atoms with E-state index in [1.54, 1.807) is 12.1 Å². The van der Waals surface area contributed by atoms with Gasteiger partial charge in [0.05, 0.1) is 11.4 Å². The molecular weight excluding hydrogens is 260 g/mol. The molecule has 3 nitrogen and oxygen atoms in total. The topological polar surface area (TPSA) is 44.6 Å². The summed E-state index contributed by atoms with van der Waals surface area (Å²) in [5.41, 5.74) is 6.17. The summed E-state index contributed by atoms with van der Waals surface area (Å²) >= 11 is 6.04. The van der Waals surface area contributed by atoms with Crippen molar-refractivity contribution in [2.75, 3.05) is 5.43 Å². The Hall–Kier alpha value is -2.00. The van der Waals surface area contributed by atoms with Crippen molar-refractivity contribution in [2.45, 2.75) is 13.8 Å². The molecule has 2 N–H and O–H groups in total. The van der Waals surface area contributed by atoms with E-state index in [-0.39, 0.29) is 5.75 Å². The molecule has 0 atom stereocenters. The number of phenols is 1. The van der Waals surface area contributed by atoms with E-state index >= 15 is 0 Å². The van der Waals surface area contributed by atoms with Gasteiger partial charge in [0.15, 0.2) is 0 Å². The van der Waals surface area contributed by atoms with Gasteiger partial charge >= 0.3 is 0 Å². The van der Waals surface area contributed by atoms with Gasteiger partial charge in [-0.2, -0.15) is 5.10 Å². The quantitative estimate of drug-likeness (QED) is 0.651. The van der Waals surface area contributed by atoms with Crippen LogP contribution in [0.2, 0.25) is 5.02 Å². The molecule has 2 rings (SSSR count). The largest absolute Gasteiger partial charge is 0.507 e. The Morgan fingerprint density at radius 3 is 2.63 bits per heavy atom. The summed E-state index contributed by atoms with van der Waals surface area (Å²) in [6.45, 7) is 3.78. The first-order valence-corrected chi connectivity index (χ1v) is 6.30. The molecule has 0 aromatic heterocycles. The van der Waals surface area contributed by atoms with E-state index in [0.29, 0.717) is 16.3 Å². The predicted molar refractivity (Wildman–Crippen MR) is 80.1 cm³/mol. The molecule has 2 aromatic carbocycles. The van der Waals surface area contributed by atoms with Crippen LogP contribution in [-0.2, 0) is 0 Å². The van der Waals surface area contributed by atoms with Crippen LogP contribution in [0, 0.1) is 6.92 Å². The Morgan fingerprint density at radius 1 is 1.21 bits per heavy atom. The maximum Gasteiger partial charge on any atom is 0.124 e. The van der Waals surface area contributed by atoms with Crippen molar-refractivity contribution < 1.29 is 5.11 Å². The fourth-order valence-electron chi connectivity index (χ4n) is 1.65. The van der Waals surface area contributed by atoms with Gasteiger partial charge in [-0.25, -0.2) is 0 Å². The van der Waals surface area contributed by atoms with E-state index in [0.717, 1.165) is 11.3 Å². The lowest BCUT2D eigenvalue weighted by molar-refractivity contribution is 0.474. The smallest absolute Gasteiger partial charge is 0.124 e. The molecule has 0 amide bonds. The number of para-hydroxylation sites is 1. The Balaban J connectivity index is 2.18. The molecule has 0 saturated carbocycles. The second kappa shape index (κ2) is 5.76. The molecule has 4 heteroatoms. The van der Waals surface area contributed by atoms with Gasteiger partial charge < -0.3 is 5.11 Å². The first-order chi connectivity index (χ1) is 9.08. The highest BCUT2D eigenvalue weighted by Crippen LogP contribution is 2.21. The van der Waals surface area contributed by atoms with Crippen molar-refractivity contribution in [3.05, 3.63) is 58.6 Å². The lowest BCUT2D eigenvalue weighted by Crippen LogP contribution is -2.00. The van der Waals surface area contributed by atoms with Crippen molar-refractivity contribution >= 4 is 23.0 Å². The minimum absolute atomic E-state index is 0.215. The van der Waals surface area contributed by atoms with Crippen LogP contribution in [0.25, 0.3) is 0 Å². The first-order valence-electron chi connectivity index (χ1n) is 5.93. The number of hydrazone groups is 1.